The minimum absolute atomic E-state index is 0.368. The molecule has 0 radical (unpaired) electrons. The number of nitrogens with zero attached hydrogens (tertiary/aromatic N) is 1. The van der Waals surface area contributed by atoms with Gasteiger partial charge in [0.2, 0.25) is 0 Å². The summed E-state index contributed by atoms with van der Waals surface area (Å²) in [6.07, 6.45) is 2.06. The molecule has 1 saturated heterocycles. The number of aryl methyl sites for hydroxylation is 1. The van der Waals surface area contributed by atoms with Crippen LogP contribution in [-0.2, 0) is 0 Å². The van der Waals surface area contributed by atoms with E-state index < -0.39 is 6.10 Å². The highest BCUT2D eigenvalue weighted by atomic mass is 16.5. The maximum absolute atomic E-state index is 10.2. The summed E-state index contributed by atoms with van der Waals surface area (Å²) < 4.78 is 5.77. The van der Waals surface area contributed by atoms with Crippen LogP contribution in [0.3, 0.4) is 0 Å². The molecule has 1 heterocycles. The van der Waals surface area contributed by atoms with E-state index in [0.717, 1.165) is 31.3 Å². The van der Waals surface area contributed by atoms with E-state index in [2.05, 4.69) is 44.7 Å². The largest absolute Gasteiger partial charge is 0.491 e. The summed E-state index contributed by atoms with van der Waals surface area (Å²) in [5.74, 6) is 2.21. The van der Waals surface area contributed by atoms with Crippen molar-refractivity contribution in [2.45, 2.75) is 52.6 Å². The second kappa shape index (κ2) is 7.98. The third kappa shape index (κ3) is 4.99. The number of hydrogen-bond donors (Lipinski definition) is 1. The Morgan fingerprint density at radius 2 is 1.95 bits per heavy atom. The first-order chi connectivity index (χ1) is 10.5. The fourth-order valence-corrected chi connectivity index (χ4v) is 3.17. The molecule has 1 fully saturated rings. The highest BCUT2D eigenvalue weighted by Gasteiger charge is 2.18. The van der Waals surface area contributed by atoms with Gasteiger partial charge in [-0.25, -0.2) is 0 Å². The van der Waals surface area contributed by atoms with E-state index in [0.29, 0.717) is 12.5 Å². The van der Waals surface area contributed by atoms with Crippen molar-refractivity contribution < 1.29 is 9.84 Å². The monoisotopic (exact) mass is 305 g/mol. The molecule has 1 aliphatic heterocycles. The van der Waals surface area contributed by atoms with Gasteiger partial charge in [-0.1, -0.05) is 26.8 Å². The highest BCUT2D eigenvalue weighted by molar-refractivity contribution is 5.36. The van der Waals surface area contributed by atoms with Gasteiger partial charge in [-0.15, -0.1) is 0 Å². The summed E-state index contributed by atoms with van der Waals surface area (Å²) >= 11 is 0. The van der Waals surface area contributed by atoms with E-state index in [1.165, 1.54) is 24.0 Å². The quantitative estimate of drug-likeness (QED) is 0.872. The normalized spacial score (nSPS) is 18.6. The molecule has 1 N–H and O–H groups in total. The number of aliphatic hydroxyl groups is 1. The number of hydrogen-bond acceptors (Lipinski definition) is 3. The first kappa shape index (κ1) is 17.3. The predicted molar refractivity (Wildman–Crippen MR) is 91.6 cm³/mol. The number of β-amino-alcohol motifs (C(OH)–C–C–N with tert-alkyl or cyclic N) is 1. The van der Waals surface area contributed by atoms with Crippen molar-refractivity contribution >= 4 is 0 Å². The maximum Gasteiger partial charge on any atom is 0.119 e. The van der Waals surface area contributed by atoms with E-state index in [-0.39, 0.29) is 0 Å². The van der Waals surface area contributed by atoms with Crippen molar-refractivity contribution in [2.75, 3.05) is 26.2 Å². The van der Waals surface area contributed by atoms with Crippen molar-refractivity contribution in [3.05, 3.63) is 29.3 Å². The Bertz CT molecular complexity index is 465. The van der Waals surface area contributed by atoms with Crippen LogP contribution in [0.25, 0.3) is 0 Å². The predicted octanol–water partition coefficient (Wildman–Crippen LogP) is 3.59. The van der Waals surface area contributed by atoms with Gasteiger partial charge in [0.15, 0.2) is 0 Å². The standard InChI is InChI=1S/C19H31NO2/c1-14(2)19-6-5-18(11-16(19)4)22-13-17(21)12-20-9-7-15(3)8-10-20/h5-6,11,14-15,17,21H,7-10,12-13H2,1-4H3/t17-/m1/s1. The molecule has 1 aliphatic rings. The lowest BCUT2D eigenvalue weighted by molar-refractivity contribution is 0.0563. The van der Waals surface area contributed by atoms with Crippen molar-refractivity contribution in [1.29, 1.82) is 0 Å². The molecule has 1 aromatic rings. The first-order valence-corrected chi connectivity index (χ1v) is 8.59. The molecular formula is C19H31NO2. The Kier molecular flexibility index (Phi) is 6.27. The molecule has 3 nitrogen and oxygen atoms in total. The Hall–Kier alpha value is -1.06. The van der Waals surface area contributed by atoms with Gasteiger partial charge in [-0.05, 0) is 68.0 Å². The van der Waals surface area contributed by atoms with Crippen molar-refractivity contribution in [1.82, 2.24) is 4.90 Å². The Morgan fingerprint density at radius 1 is 1.27 bits per heavy atom. The molecule has 0 amide bonds. The third-order valence-corrected chi connectivity index (χ3v) is 4.65. The molecule has 1 atom stereocenters. The fourth-order valence-electron chi connectivity index (χ4n) is 3.17. The number of benzene rings is 1. The SMILES string of the molecule is Cc1cc(OC[C@H](O)CN2CCC(C)CC2)ccc1C(C)C. The van der Waals surface area contributed by atoms with Crippen molar-refractivity contribution in [3.63, 3.8) is 0 Å². The van der Waals surface area contributed by atoms with Gasteiger partial charge in [-0.3, -0.25) is 0 Å². The van der Waals surface area contributed by atoms with Crippen molar-refractivity contribution in [2.24, 2.45) is 5.92 Å². The maximum atomic E-state index is 10.2. The summed E-state index contributed by atoms with van der Waals surface area (Å²) in [5, 5.41) is 10.2. The molecule has 3 heteroatoms. The number of piperidine rings is 1. The summed E-state index contributed by atoms with van der Waals surface area (Å²) in [6.45, 7) is 12.1. The average Bonchev–Trinajstić information content (AvgIpc) is 2.47. The van der Waals surface area contributed by atoms with E-state index >= 15 is 0 Å². The Morgan fingerprint density at radius 3 is 2.55 bits per heavy atom. The lowest BCUT2D eigenvalue weighted by Gasteiger charge is -2.31. The Balaban J connectivity index is 1.78. The number of ether oxygens (including phenoxy) is 1. The lowest BCUT2D eigenvalue weighted by atomic mass is 9.98. The number of aliphatic hydroxyl groups excluding tert-OH is 1. The second-order valence-electron chi connectivity index (χ2n) is 7.12. The fraction of sp³-hybridized carbons (Fsp3) is 0.684. The molecule has 0 spiro atoms. The molecule has 0 unspecified atom stereocenters. The smallest absolute Gasteiger partial charge is 0.119 e. The zero-order valence-electron chi connectivity index (χ0n) is 14.5. The topological polar surface area (TPSA) is 32.7 Å². The number of rotatable bonds is 6. The highest BCUT2D eigenvalue weighted by Crippen LogP contribution is 2.23. The first-order valence-electron chi connectivity index (χ1n) is 8.59. The summed E-state index contributed by atoms with van der Waals surface area (Å²) in [5.41, 5.74) is 2.61. The molecule has 0 aliphatic carbocycles. The minimum atomic E-state index is -0.418. The molecule has 2 rings (SSSR count). The lowest BCUT2D eigenvalue weighted by Crippen LogP contribution is -2.40. The van der Waals surface area contributed by atoms with Gasteiger partial charge in [0, 0.05) is 6.54 Å². The molecule has 1 aromatic carbocycles. The van der Waals surface area contributed by atoms with Crippen LogP contribution >= 0.6 is 0 Å². The van der Waals surface area contributed by atoms with Crippen LogP contribution < -0.4 is 4.74 Å². The van der Waals surface area contributed by atoms with Gasteiger partial charge in [0.1, 0.15) is 18.5 Å². The van der Waals surface area contributed by atoms with Crippen LogP contribution in [0.15, 0.2) is 18.2 Å². The van der Waals surface area contributed by atoms with Gasteiger partial charge >= 0.3 is 0 Å². The molecular weight excluding hydrogens is 274 g/mol. The van der Waals surface area contributed by atoms with Crippen molar-refractivity contribution in [3.8, 4) is 5.75 Å². The van der Waals surface area contributed by atoms with E-state index in [4.69, 9.17) is 4.74 Å². The van der Waals surface area contributed by atoms with Crippen LogP contribution in [0.2, 0.25) is 0 Å². The van der Waals surface area contributed by atoms with Crippen LogP contribution in [0.4, 0.5) is 0 Å². The summed E-state index contributed by atoms with van der Waals surface area (Å²) in [4.78, 5) is 2.35. The van der Waals surface area contributed by atoms with Gasteiger partial charge in [-0.2, -0.15) is 0 Å². The van der Waals surface area contributed by atoms with Crippen LogP contribution in [-0.4, -0.2) is 42.4 Å². The van der Waals surface area contributed by atoms with Crippen LogP contribution in [0.1, 0.15) is 50.7 Å². The van der Waals surface area contributed by atoms with E-state index in [9.17, 15) is 5.11 Å². The van der Waals surface area contributed by atoms with Crippen LogP contribution in [0.5, 0.6) is 5.75 Å². The van der Waals surface area contributed by atoms with Gasteiger partial charge in [0.05, 0.1) is 0 Å². The molecule has 0 saturated carbocycles. The summed E-state index contributed by atoms with van der Waals surface area (Å²) in [6, 6.07) is 6.22. The van der Waals surface area contributed by atoms with Gasteiger partial charge < -0.3 is 14.7 Å². The molecule has 124 valence electrons. The molecule has 22 heavy (non-hydrogen) atoms. The van der Waals surface area contributed by atoms with E-state index in [1.807, 2.05) is 6.07 Å². The average molecular weight is 305 g/mol. The summed E-state index contributed by atoms with van der Waals surface area (Å²) in [7, 11) is 0. The van der Waals surface area contributed by atoms with Crippen LogP contribution in [0, 0.1) is 12.8 Å². The Labute approximate surface area is 135 Å². The van der Waals surface area contributed by atoms with E-state index in [1.54, 1.807) is 0 Å². The van der Waals surface area contributed by atoms with Gasteiger partial charge in [0.25, 0.3) is 0 Å². The zero-order chi connectivity index (χ0) is 16.1. The molecule has 0 aromatic heterocycles. The second-order valence-corrected chi connectivity index (χ2v) is 7.12. The molecule has 0 bridgehead atoms. The zero-order valence-corrected chi connectivity index (χ0v) is 14.5. The number of likely N-dealkylation sites (tertiary alicyclic amines) is 1. The third-order valence-electron chi connectivity index (χ3n) is 4.65. The minimum Gasteiger partial charge on any atom is -0.491 e.